The standard InChI is InChI=1S/C19H18N2Si.C16H10N2/c1-22(2,3)14-12-18-10-11-19(21-16-18)9-5-4-7-17-8-6-13-20-15-17;1-2-14-9-10-16(18-13-14)8-4-3-6-15-7-5-11-17-12-15/h5-6,8-11,13,15-16H,1-3H3;1,4-5,7-13H/b9-5+;8-4+. The smallest absolute Gasteiger partial charge is 0.129 e. The minimum Gasteiger partial charge on any atom is -0.263 e. The zero-order chi connectivity index (χ0) is 28.5. The molecular formula is C35H28N4Si. The molecule has 40 heavy (non-hydrogen) atoms. The Morgan fingerprint density at radius 3 is 1.52 bits per heavy atom. The molecule has 4 rings (SSSR count). The highest BCUT2D eigenvalue weighted by Crippen LogP contribution is 2.03. The van der Waals surface area contributed by atoms with Crippen molar-refractivity contribution in [3.8, 4) is 47.5 Å². The molecule has 0 saturated carbocycles. The van der Waals surface area contributed by atoms with E-state index >= 15 is 0 Å². The Balaban J connectivity index is 0.000000225. The summed E-state index contributed by atoms with van der Waals surface area (Å²) in [7, 11) is -1.34. The van der Waals surface area contributed by atoms with Gasteiger partial charge in [-0.1, -0.05) is 55.2 Å². The predicted octanol–water partition coefficient (Wildman–Crippen LogP) is 6.29. The maximum absolute atomic E-state index is 5.25. The molecular weight excluding hydrogens is 504 g/mol. The number of hydrogen-bond donors (Lipinski definition) is 0. The maximum atomic E-state index is 5.25. The van der Waals surface area contributed by atoms with Gasteiger partial charge in [-0.15, -0.1) is 12.0 Å². The van der Waals surface area contributed by atoms with Crippen molar-refractivity contribution in [2.45, 2.75) is 19.6 Å². The van der Waals surface area contributed by atoms with Gasteiger partial charge in [0.1, 0.15) is 8.07 Å². The van der Waals surface area contributed by atoms with E-state index in [0.717, 1.165) is 33.6 Å². The van der Waals surface area contributed by atoms with Gasteiger partial charge in [-0.2, -0.15) is 0 Å². The zero-order valence-electron chi connectivity index (χ0n) is 22.8. The number of terminal acetylenes is 1. The number of nitrogens with zero attached hydrogens (tertiary/aromatic N) is 4. The molecule has 0 aromatic carbocycles. The first-order chi connectivity index (χ1) is 19.4. The summed E-state index contributed by atoms with van der Waals surface area (Å²) in [5.41, 5.74) is 8.55. The summed E-state index contributed by atoms with van der Waals surface area (Å²) in [6.07, 6.45) is 22.9. The van der Waals surface area contributed by atoms with Crippen molar-refractivity contribution < 1.29 is 0 Å². The Labute approximate surface area is 238 Å². The fraction of sp³-hybridized carbons (Fsp3) is 0.0857. The molecule has 0 unspecified atom stereocenters. The van der Waals surface area contributed by atoms with Crippen molar-refractivity contribution >= 4 is 20.2 Å². The third kappa shape index (κ3) is 11.7. The van der Waals surface area contributed by atoms with Gasteiger partial charge in [0.2, 0.25) is 0 Å². The normalized spacial score (nSPS) is 10.1. The Morgan fingerprint density at radius 1 is 0.625 bits per heavy atom. The lowest BCUT2D eigenvalue weighted by molar-refractivity contribution is 1.28. The molecule has 0 N–H and O–H groups in total. The number of rotatable bonds is 2. The highest BCUT2D eigenvalue weighted by molar-refractivity contribution is 6.83. The second-order valence-corrected chi connectivity index (χ2v) is 14.0. The van der Waals surface area contributed by atoms with Gasteiger partial charge in [-0.3, -0.25) is 19.9 Å². The zero-order valence-corrected chi connectivity index (χ0v) is 23.8. The number of hydrogen-bond acceptors (Lipinski definition) is 4. The van der Waals surface area contributed by atoms with E-state index < -0.39 is 8.07 Å². The predicted molar refractivity (Wildman–Crippen MR) is 167 cm³/mol. The van der Waals surface area contributed by atoms with Crippen molar-refractivity contribution in [1.29, 1.82) is 0 Å². The quantitative estimate of drug-likeness (QED) is 0.225. The molecule has 0 bridgehead atoms. The molecule has 0 aliphatic carbocycles. The van der Waals surface area contributed by atoms with E-state index in [1.807, 2.05) is 60.7 Å². The molecule has 0 saturated heterocycles. The van der Waals surface area contributed by atoms with Crippen LogP contribution in [0.3, 0.4) is 0 Å². The molecule has 4 nitrogen and oxygen atoms in total. The summed E-state index contributed by atoms with van der Waals surface area (Å²) in [6, 6.07) is 15.2. The molecule has 0 amide bonds. The van der Waals surface area contributed by atoms with Crippen LogP contribution in [0.4, 0.5) is 0 Å². The summed E-state index contributed by atoms with van der Waals surface area (Å²) < 4.78 is 0. The van der Waals surface area contributed by atoms with Gasteiger partial charge in [0.05, 0.1) is 11.4 Å². The molecule has 5 heteroatoms. The van der Waals surface area contributed by atoms with E-state index in [0.29, 0.717) is 0 Å². The molecule has 0 aliphatic rings. The third-order valence-corrected chi connectivity index (χ3v) is 5.63. The largest absolute Gasteiger partial charge is 0.263 e. The first-order valence-corrected chi connectivity index (χ1v) is 16.0. The SMILES string of the molecule is C#Cc1ccc(/C=C/C#Cc2cccnc2)nc1.C[Si](C)(C)C#Cc1ccc(/C=C/C#Cc2cccnc2)nc1. The molecule has 4 aromatic heterocycles. The molecule has 192 valence electrons. The van der Waals surface area contributed by atoms with Crippen LogP contribution in [0.2, 0.25) is 19.6 Å². The molecule has 0 radical (unpaired) electrons. The van der Waals surface area contributed by atoms with Crippen LogP contribution >= 0.6 is 0 Å². The average molecular weight is 533 g/mol. The molecule has 4 aromatic rings. The summed E-state index contributed by atoms with van der Waals surface area (Å²) in [5.74, 6) is 17.6. The first-order valence-electron chi connectivity index (χ1n) is 12.5. The summed E-state index contributed by atoms with van der Waals surface area (Å²) in [5, 5.41) is 0. The molecule has 0 atom stereocenters. The van der Waals surface area contributed by atoms with Crippen LogP contribution in [0, 0.1) is 47.5 Å². The van der Waals surface area contributed by atoms with Crippen LogP contribution in [-0.2, 0) is 0 Å². The van der Waals surface area contributed by atoms with E-state index in [1.165, 1.54) is 0 Å². The number of aromatic nitrogens is 4. The molecule has 0 spiro atoms. The lowest BCUT2D eigenvalue weighted by Gasteiger charge is -2.03. The minimum absolute atomic E-state index is 0.772. The van der Waals surface area contributed by atoms with Crippen LogP contribution in [0.1, 0.15) is 33.6 Å². The van der Waals surface area contributed by atoms with Gasteiger partial charge in [0, 0.05) is 59.4 Å². The first kappa shape index (κ1) is 29.1. The van der Waals surface area contributed by atoms with Gasteiger partial charge in [0.15, 0.2) is 0 Å². The number of allylic oxidation sites excluding steroid dienone is 2. The Bertz CT molecular complexity index is 1660. The van der Waals surface area contributed by atoms with Gasteiger partial charge in [-0.05, 0) is 72.8 Å². The van der Waals surface area contributed by atoms with Gasteiger partial charge < -0.3 is 0 Å². The minimum atomic E-state index is -1.34. The van der Waals surface area contributed by atoms with Crippen molar-refractivity contribution in [2.24, 2.45) is 0 Å². The summed E-state index contributed by atoms with van der Waals surface area (Å²) >= 11 is 0. The van der Waals surface area contributed by atoms with Crippen LogP contribution in [0.25, 0.3) is 12.2 Å². The van der Waals surface area contributed by atoms with Crippen molar-refractivity contribution in [3.05, 3.63) is 132 Å². The van der Waals surface area contributed by atoms with E-state index in [9.17, 15) is 0 Å². The lowest BCUT2D eigenvalue weighted by Crippen LogP contribution is -2.16. The van der Waals surface area contributed by atoms with Crippen LogP contribution in [0.5, 0.6) is 0 Å². The highest BCUT2D eigenvalue weighted by Gasteiger charge is 2.07. The van der Waals surface area contributed by atoms with Crippen molar-refractivity contribution in [1.82, 2.24) is 19.9 Å². The summed E-state index contributed by atoms with van der Waals surface area (Å²) in [4.78, 5) is 16.6. The third-order valence-electron chi connectivity index (χ3n) is 4.75. The second-order valence-electron chi connectivity index (χ2n) is 9.28. The van der Waals surface area contributed by atoms with E-state index in [4.69, 9.17) is 6.42 Å². The maximum Gasteiger partial charge on any atom is 0.129 e. The Kier molecular flexibility index (Phi) is 11.4. The van der Waals surface area contributed by atoms with Crippen molar-refractivity contribution in [3.63, 3.8) is 0 Å². The number of pyridine rings is 4. The van der Waals surface area contributed by atoms with Gasteiger partial charge in [-0.25, -0.2) is 0 Å². The molecule has 0 fully saturated rings. The summed E-state index contributed by atoms with van der Waals surface area (Å²) in [6.45, 7) is 6.68. The Morgan fingerprint density at radius 2 is 1.12 bits per heavy atom. The highest BCUT2D eigenvalue weighted by atomic mass is 28.3. The van der Waals surface area contributed by atoms with Gasteiger partial charge >= 0.3 is 0 Å². The molecule has 0 aliphatic heterocycles. The Hall–Kier alpha value is -5.46. The van der Waals surface area contributed by atoms with Crippen LogP contribution < -0.4 is 0 Å². The second kappa shape index (κ2) is 15.7. The monoisotopic (exact) mass is 532 g/mol. The fourth-order valence-corrected chi connectivity index (χ4v) is 3.32. The topological polar surface area (TPSA) is 51.6 Å². The fourth-order valence-electron chi connectivity index (χ4n) is 2.80. The van der Waals surface area contributed by atoms with Crippen LogP contribution in [0.15, 0.2) is 97.9 Å². The van der Waals surface area contributed by atoms with Gasteiger partial charge in [0.25, 0.3) is 0 Å². The molecule has 4 heterocycles. The van der Waals surface area contributed by atoms with E-state index in [-0.39, 0.29) is 0 Å². The van der Waals surface area contributed by atoms with Crippen molar-refractivity contribution in [2.75, 3.05) is 0 Å². The average Bonchev–Trinajstić information content (AvgIpc) is 2.98. The van der Waals surface area contributed by atoms with Crippen LogP contribution in [-0.4, -0.2) is 28.0 Å². The lowest BCUT2D eigenvalue weighted by atomic mass is 10.2. The van der Waals surface area contributed by atoms with E-state index in [2.05, 4.69) is 80.6 Å². The van der Waals surface area contributed by atoms with E-state index in [1.54, 1.807) is 49.3 Å².